The first kappa shape index (κ1) is 18.2. The second-order valence-electron chi connectivity index (χ2n) is 5.96. The minimum atomic E-state index is -0.465. The molecule has 4 rings (SSSR count). The fourth-order valence-corrected chi connectivity index (χ4v) is 3.84. The van der Waals surface area contributed by atoms with Crippen molar-refractivity contribution in [2.45, 2.75) is 6.04 Å². The first-order valence-electron chi connectivity index (χ1n) is 8.04. The molecule has 0 bridgehead atoms. The molecule has 2 aromatic rings. The van der Waals surface area contributed by atoms with Crippen molar-refractivity contribution in [3.05, 3.63) is 46.3 Å². The summed E-state index contributed by atoms with van der Waals surface area (Å²) in [7, 11) is 0. The zero-order valence-electron chi connectivity index (χ0n) is 13.8. The molecule has 140 valence electrons. The molecule has 2 amide bonds. The van der Waals surface area contributed by atoms with Crippen LogP contribution in [0.5, 0.6) is 0 Å². The highest BCUT2D eigenvalue weighted by molar-refractivity contribution is 7.80. The van der Waals surface area contributed by atoms with Crippen LogP contribution in [0.1, 0.15) is 10.6 Å². The Morgan fingerprint density at radius 2 is 2.07 bits per heavy atom. The van der Waals surface area contributed by atoms with Gasteiger partial charge in [0.2, 0.25) is 0 Å². The maximum atomic E-state index is 12.7. The number of ether oxygens (including phenoxy) is 1. The van der Waals surface area contributed by atoms with Crippen molar-refractivity contribution in [1.29, 1.82) is 0 Å². The number of morpholine rings is 1. The Kier molecular flexibility index (Phi) is 4.81. The normalized spacial score (nSPS) is 19.4. The van der Waals surface area contributed by atoms with Crippen molar-refractivity contribution in [3.63, 3.8) is 0 Å². The minimum absolute atomic E-state index is 0.0768. The largest absolute Gasteiger partial charge is 0.440 e. The summed E-state index contributed by atoms with van der Waals surface area (Å²) in [6.07, 6.45) is 0. The number of benzene rings is 1. The Balaban J connectivity index is 1.56. The average molecular weight is 426 g/mol. The smallest absolute Gasteiger partial charge is 0.291 e. The zero-order chi connectivity index (χ0) is 19.1. The van der Waals surface area contributed by atoms with Crippen LogP contribution in [-0.2, 0) is 9.53 Å². The summed E-state index contributed by atoms with van der Waals surface area (Å²) in [5, 5.41) is 3.46. The Labute approximate surface area is 169 Å². The number of rotatable bonds is 3. The van der Waals surface area contributed by atoms with Gasteiger partial charge in [0.25, 0.3) is 11.8 Å². The van der Waals surface area contributed by atoms with Gasteiger partial charge in [-0.15, -0.1) is 0 Å². The first-order chi connectivity index (χ1) is 13.0. The van der Waals surface area contributed by atoms with E-state index in [9.17, 15) is 9.59 Å². The maximum absolute atomic E-state index is 12.7. The van der Waals surface area contributed by atoms with E-state index < -0.39 is 11.9 Å². The molecule has 0 spiro atoms. The van der Waals surface area contributed by atoms with E-state index in [0.717, 1.165) is 0 Å². The van der Waals surface area contributed by atoms with Crippen LogP contribution in [0, 0.1) is 0 Å². The fraction of sp³-hybridized carbons (Fsp3) is 0.235. The van der Waals surface area contributed by atoms with Crippen molar-refractivity contribution in [1.82, 2.24) is 4.90 Å². The number of carbonyl (C=O) groups is 2. The molecule has 10 heteroatoms. The number of furan rings is 1. The maximum Gasteiger partial charge on any atom is 0.291 e. The number of carbonyl (C=O) groups excluding carboxylic acids is 2. The van der Waals surface area contributed by atoms with E-state index in [0.29, 0.717) is 36.2 Å². The number of amides is 2. The van der Waals surface area contributed by atoms with Gasteiger partial charge in [-0.05, 0) is 54.2 Å². The monoisotopic (exact) mass is 425 g/mol. The molecule has 2 aliphatic heterocycles. The lowest BCUT2D eigenvalue weighted by molar-refractivity contribution is -0.123. The number of thiocarbonyl (C=S) groups is 1. The third-order valence-corrected chi connectivity index (χ3v) is 5.24. The molecule has 7 nitrogen and oxygen atoms in total. The number of hydrogen-bond acceptors (Lipinski definition) is 5. The van der Waals surface area contributed by atoms with Gasteiger partial charge in [0.05, 0.1) is 23.9 Å². The lowest BCUT2D eigenvalue weighted by atomic mass is 10.2. The van der Waals surface area contributed by atoms with E-state index in [1.807, 2.05) is 4.90 Å². The van der Waals surface area contributed by atoms with Crippen molar-refractivity contribution >= 4 is 63.7 Å². The fourth-order valence-electron chi connectivity index (χ4n) is 3.03. The van der Waals surface area contributed by atoms with Gasteiger partial charge < -0.3 is 19.4 Å². The lowest BCUT2D eigenvalue weighted by Crippen LogP contribution is -2.44. The van der Waals surface area contributed by atoms with Gasteiger partial charge in [-0.2, -0.15) is 0 Å². The van der Waals surface area contributed by atoms with Crippen LogP contribution >= 0.6 is 35.4 Å². The van der Waals surface area contributed by atoms with E-state index in [4.69, 9.17) is 44.6 Å². The third-order valence-electron chi connectivity index (χ3n) is 4.31. The van der Waals surface area contributed by atoms with Crippen molar-refractivity contribution in [2.75, 3.05) is 30.0 Å². The molecule has 2 saturated heterocycles. The average Bonchev–Trinajstić information content (AvgIpc) is 3.19. The molecule has 0 radical (unpaired) electrons. The summed E-state index contributed by atoms with van der Waals surface area (Å²) in [6, 6.07) is 7.33. The van der Waals surface area contributed by atoms with E-state index in [-0.39, 0.29) is 21.9 Å². The van der Waals surface area contributed by atoms with Crippen LogP contribution in [0.15, 0.2) is 34.7 Å². The van der Waals surface area contributed by atoms with E-state index in [1.165, 1.54) is 17.0 Å². The number of hydrogen-bond donors (Lipinski definition) is 1. The Bertz CT molecular complexity index is 924. The van der Waals surface area contributed by atoms with Gasteiger partial charge in [0, 0.05) is 12.2 Å². The van der Waals surface area contributed by atoms with E-state index >= 15 is 0 Å². The zero-order valence-corrected chi connectivity index (χ0v) is 16.1. The molecular formula is C17H13Cl2N3O4S. The van der Waals surface area contributed by atoms with Gasteiger partial charge in [-0.1, -0.05) is 11.6 Å². The third kappa shape index (κ3) is 3.29. The van der Waals surface area contributed by atoms with E-state index in [2.05, 4.69) is 5.32 Å². The molecule has 2 fully saturated rings. The number of halogens is 2. The molecule has 1 aromatic heterocycles. The number of anilines is 2. The summed E-state index contributed by atoms with van der Waals surface area (Å²) in [5.74, 6) is -0.565. The van der Waals surface area contributed by atoms with Gasteiger partial charge >= 0.3 is 0 Å². The SMILES string of the molecule is O=C(Nc1ccc(N2C(=O)C3COCCN3C2=S)c(Cl)c1)c1ccc(Cl)o1. The molecule has 1 atom stereocenters. The number of fused-ring (bicyclic) bond motifs is 1. The van der Waals surface area contributed by atoms with Crippen molar-refractivity contribution in [3.8, 4) is 0 Å². The molecule has 1 N–H and O–H groups in total. The molecule has 0 aliphatic carbocycles. The predicted molar refractivity (Wildman–Crippen MR) is 105 cm³/mol. The van der Waals surface area contributed by atoms with Gasteiger partial charge in [0.15, 0.2) is 16.1 Å². The number of nitrogens with zero attached hydrogens (tertiary/aromatic N) is 2. The minimum Gasteiger partial charge on any atom is -0.440 e. The number of nitrogens with one attached hydrogen (secondary N) is 1. The quantitative estimate of drug-likeness (QED) is 0.761. The molecule has 0 saturated carbocycles. The first-order valence-corrected chi connectivity index (χ1v) is 9.20. The van der Waals surface area contributed by atoms with Crippen molar-refractivity contribution in [2.24, 2.45) is 0 Å². The van der Waals surface area contributed by atoms with E-state index in [1.54, 1.807) is 18.2 Å². The predicted octanol–water partition coefficient (Wildman–Crippen LogP) is 3.17. The second kappa shape index (κ2) is 7.12. The molecule has 1 unspecified atom stereocenters. The van der Waals surface area contributed by atoms with Gasteiger partial charge in [-0.3, -0.25) is 14.5 Å². The van der Waals surface area contributed by atoms with Crippen LogP contribution in [0.3, 0.4) is 0 Å². The summed E-state index contributed by atoms with van der Waals surface area (Å²) in [6.45, 7) is 1.38. The molecule has 3 heterocycles. The van der Waals surface area contributed by atoms with Crippen molar-refractivity contribution < 1.29 is 18.7 Å². The molecule has 1 aromatic carbocycles. The Morgan fingerprint density at radius 3 is 2.74 bits per heavy atom. The lowest BCUT2D eigenvalue weighted by Gasteiger charge is -2.28. The van der Waals surface area contributed by atoms with Crippen LogP contribution < -0.4 is 10.2 Å². The highest BCUT2D eigenvalue weighted by Crippen LogP contribution is 2.34. The van der Waals surface area contributed by atoms with Gasteiger partial charge in [0.1, 0.15) is 6.04 Å². The highest BCUT2D eigenvalue weighted by Gasteiger charge is 2.45. The van der Waals surface area contributed by atoms with Crippen LogP contribution in [-0.4, -0.2) is 47.6 Å². The van der Waals surface area contributed by atoms with Crippen LogP contribution in [0.4, 0.5) is 11.4 Å². The molecule has 27 heavy (non-hydrogen) atoms. The van der Waals surface area contributed by atoms with Crippen LogP contribution in [0.25, 0.3) is 0 Å². The summed E-state index contributed by atoms with van der Waals surface area (Å²) >= 11 is 17.5. The highest BCUT2D eigenvalue weighted by atomic mass is 35.5. The standard InChI is InChI=1S/C17H13Cl2N3O4S/c18-10-7-9(20-15(23)13-3-4-14(19)26-13)1-2-11(10)22-16(24)12-8-25-6-5-21(12)17(22)27/h1-4,7,12H,5-6,8H2,(H,20,23). The molecule has 2 aliphatic rings. The molecular weight excluding hydrogens is 413 g/mol. The Morgan fingerprint density at radius 1 is 1.26 bits per heavy atom. The Hall–Kier alpha value is -2.13. The summed E-state index contributed by atoms with van der Waals surface area (Å²) in [5.41, 5.74) is 0.903. The summed E-state index contributed by atoms with van der Waals surface area (Å²) < 4.78 is 10.4. The second-order valence-corrected chi connectivity index (χ2v) is 7.11. The summed E-state index contributed by atoms with van der Waals surface area (Å²) in [4.78, 5) is 28.1. The van der Waals surface area contributed by atoms with Gasteiger partial charge in [-0.25, -0.2) is 0 Å². The van der Waals surface area contributed by atoms with Crippen LogP contribution in [0.2, 0.25) is 10.2 Å². The topological polar surface area (TPSA) is 75.0 Å².